The van der Waals surface area contributed by atoms with Crippen LogP contribution in [0.15, 0.2) is 0 Å². The van der Waals surface area contributed by atoms with Gasteiger partial charge in [0.25, 0.3) is 0 Å². The van der Waals surface area contributed by atoms with E-state index in [1.807, 2.05) is 0 Å². The largest absolute Gasteiger partial charge is 0.677 e. The molecule has 0 aromatic rings. The van der Waals surface area contributed by atoms with E-state index in [2.05, 4.69) is 4.74 Å². The van der Waals surface area contributed by atoms with E-state index in [1.165, 1.54) is 0 Å². The van der Waals surface area contributed by atoms with E-state index in [0.717, 1.165) is 0 Å². The number of rotatable bonds is 5. The van der Waals surface area contributed by atoms with Crippen molar-refractivity contribution in [1.82, 2.24) is 0 Å². The second kappa shape index (κ2) is 7.39. The van der Waals surface area contributed by atoms with Crippen LogP contribution in [-0.2, 0) is 9.53 Å². The van der Waals surface area contributed by atoms with Gasteiger partial charge in [0.05, 0.1) is 0 Å². The molecule has 0 aliphatic heterocycles. The number of carboxylic acids is 1. The van der Waals surface area contributed by atoms with Gasteiger partial charge in [0.15, 0.2) is 0 Å². The number of ether oxygens (including phenoxy) is 1. The molecule has 0 aromatic heterocycles. The molecule has 56 valence electrons. The second-order valence-electron chi connectivity index (χ2n) is 1.55. The van der Waals surface area contributed by atoms with Crippen LogP contribution in [0.3, 0.4) is 0 Å². The van der Waals surface area contributed by atoms with Gasteiger partial charge in [-0.2, -0.15) is 0 Å². The SMILES string of the molecule is [NH-]CCCOCC(=O)O.[Rf]. The Morgan fingerprint density at radius 1 is 1.60 bits per heavy atom. The first-order valence-electron chi connectivity index (χ1n) is 2.71. The Bertz CT molecular complexity index is 89.0. The molecule has 0 aromatic carbocycles. The number of hydrogen-bond acceptors (Lipinski definition) is 2. The number of nitrogens with one attached hydrogen (secondary N) is 1. The maximum Gasteiger partial charge on any atom is 0.329 e. The summed E-state index contributed by atoms with van der Waals surface area (Å²) in [7, 11) is 0. The molecule has 0 amide bonds. The van der Waals surface area contributed by atoms with Crippen LogP contribution >= 0.6 is 0 Å². The molecule has 2 N–H and O–H groups in total. The zero-order valence-corrected chi connectivity index (χ0v) is 12.2. The molecular weight excluding hydrogens is 389 g/mol. The van der Waals surface area contributed by atoms with Crippen molar-refractivity contribution in [3.63, 3.8) is 0 Å². The second-order valence-corrected chi connectivity index (χ2v) is 1.55. The van der Waals surface area contributed by atoms with Crippen LogP contribution in [0.2, 0.25) is 0 Å². The van der Waals surface area contributed by atoms with Gasteiger partial charge < -0.3 is 15.6 Å². The topological polar surface area (TPSA) is 70.3 Å². The average molecular weight is 399 g/mol. The smallest absolute Gasteiger partial charge is 0.329 e. The third-order valence-corrected chi connectivity index (χ3v) is 0.691. The standard InChI is InChI=1S/C5H10NO3.Rf/c6-2-1-3-9-4-5(7)8;/h6H,1-4H2,(H,7,8);/q-1;. The molecule has 0 aliphatic rings. The average Bonchev–Trinajstić information content (AvgIpc) is 1.80. The summed E-state index contributed by atoms with van der Waals surface area (Å²) >= 11 is 0. The Morgan fingerprint density at radius 2 is 2.20 bits per heavy atom. The van der Waals surface area contributed by atoms with E-state index >= 15 is 0 Å². The Kier molecular flexibility index (Phi) is 8.29. The first kappa shape index (κ1) is 11.2. The molecule has 0 rings (SSSR count). The molecule has 0 spiro atoms. The molecule has 0 bridgehead atoms. The van der Waals surface area contributed by atoms with Crippen LogP contribution in [0.1, 0.15) is 6.42 Å². The van der Waals surface area contributed by atoms with Crippen LogP contribution in [0.4, 0.5) is 0 Å². The van der Waals surface area contributed by atoms with Crippen LogP contribution in [-0.4, -0.2) is 30.8 Å². The molecule has 0 atom stereocenters. The van der Waals surface area contributed by atoms with Crippen molar-refractivity contribution in [1.29, 1.82) is 0 Å². The number of carboxylic acid groups (broad SMARTS) is 1. The van der Waals surface area contributed by atoms with Crippen molar-refractivity contribution in [2.45, 2.75) is 6.42 Å². The molecule has 0 radical (unpaired) electrons. The van der Waals surface area contributed by atoms with E-state index < -0.39 is 5.97 Å². The van der Waals surface area contributed by atoms with Gasteiger partial charge in [-0.05, 0) is 6.42 Å². The fraction of sp³-hybridized carbons (Fsp3) is 0.800. The minimum Gasteiger partial charge on any atom is -0.677 e. The summed E-state index contributed by atoms with van der Waals surface area (Å²) in [6, 6.07) is 0. The quantitative estimate of drug-likeness (QED) is 0.686. The monoisotopic (exact) mass is 399 g/mol. The van der Waals surface area contributed by atoms with Gasteiger partial charge in [-0.1, -0.05) is 0 Å². The van der Waals surface area contributed by atoms with Crippen molar-refractivity contribution in [2.75, 3.05) is 19.8 Å². The van der Waals surface area contributed by atoms with Gasteiger partial charge in [-0.15, -0.1) is 6.54 Å². The van der Waals surface area contributed by atoms with E-state index in [9.17, 15) is 4.79 Å². The van der Waals surface area contributed by atoms with Gasteiger partial charge in [-0.25, -0.2) is 4.79 Å². The molecule has 4 nitrogen and oxygen atoms in total. The summed E-state index contributed by atoms with van der Waals surface area (Å²) in [6.07, 6.45) is 0.604. The number of carbonyl (C=O) groups is 1. The van der Waals surface area contributed by atoms with Crippen molar-refractivity contribution in [3.8, 4) is 0 Å². The molecule has 10 heavy (non-hydrogen) atoms. The van der Waals surface area contributed by atoms with Gasteiger partial charge >= 0.3 is 5.97 Å². The summed E-state index contributed by atoms with van der Waals surface area (Å²) in [5, 5.41) is 8.04. The van der Waals surface area contributed by atoms with Crippen molar-refractivity contribution in [3.05, 3.63) is 5.73 Å². The molecule has 0 aliphatic carbocycles. The molecule has 0 heterocycles. The summed E-state index contributed by atoms with van der Waals surface area (Å²) in [5.74, 6) is -0.958. The molecular formula is C5H10NO3Rf-. The van der Waals surface area contributed by atoms with Crippen LogP contribution < -0.4 is 0 Å². The van der Waals surface area contributed by atoms with Crippen molar-refractivity contribution >= 4 is 5.97 Å². The fourth-order valence-corrected chi connectivity index (χ4v) is 0.334. The van der Waals surface area contributed by atoms with E-state index in [-0.39, 0.29) is 6.61 Å². The Morgan fingerprint density at radius 3 is 2.60 bits per heavy atom. The van der Waals surface area contributed by atoms with Crippen molar-refractivity contribution in [2.24, 2.45) is 0 Å². The molecule has 0 fully saturated rings. The predicted octanol–water partition coefficient (Wildman–Crippen LogP) is 0.530. The minimum atomic E-state index is -0.958. The van der Waals surface area contributed by atoms with E-state index in [1.54, 1.807) is 0 Å². The van der Waals surface area contributed by atoms with Crippen LogP contribution in [0, 0.1) is 0 Å². The molecule has 0 saturated heterocycles. The summed E-state index contributed by atoms with van der Waals surface area (Å²) in [5.41, 5.74) is 6.66. The normalized spacial score (nSPS) is 8.50. The van der Waals surface area contributed by atoms with Crippen LogP contribution in [0.5, 0.6) is 0 Å². The van der Waals surface area contributed by atoms with Crippen LogP contribution in [0.25, 0.3) is 5.73 Å². The molecule has 0 saturated carbocycles. The maximum absolute atomic E-state index is 9.79. The Balaban J connectivity index is 0. The Hall–Kier alpha value is -1.61. The number of hydrogen-bond donors (Lipinski definition) is 1. The molecule has 0 unspecified atom stereocenters. The minimum absolute atomic E-state index is 0. The van der Waals surface area contributed by atoms with Gasteiger partial charge in [-0.3, -0.25) is 0 Å². The van der Waals surface area contributed by atoms with E-state index in [0.29, 0.717) is 19.6 Å². The van der Waals surface area contributed by atoms with Gasteiger partial charge in [0.1, 0.15) is 6.61 Å². The predicted molar refractivity (Wildman–Crippen MR) is 32.3 cm³/mol. The zero-order chi connectivity index (χ0) is 7.11. The van der Waals surface area contributed by atoms with Gasteiger partial charge in [0, 0.05) is 6.61 Å². The first-order chi connectivity index (χ1) is 4.27. The number of aliphatic carboxylic acids is 1. The van der Waals surface area contributed by atoms with E-state index in [4.69, 9.17) is 10.8 Å². The maximum atomic E-state index is 9.79. The first-order valence-corrected chi connectivity index (χ1v) is 2.71. The molecule has 5 heteroatoms. The summed E-state index contributed by atoms with van der Waals surface area (Å²) in [6.45, 7) is 0.412. The third kappa shape index (κ3) is 9.63. The van der Waals surface area contributed by atoms with Gasteiger partial charge in [0.2, 0.25) is 0 Å². The zero-order valence-electron chi connectivity index (χ0n) is 5.80. The summed E-state index contributed by atoms with van der Waals surface area (Å²) in [4.78, 5) is 9.79. The Labute approximate surface area is 53.6 Å². The fourth-order valence-electron chi connectivity index (χ4n) is 0.334. The summed E-state index contributed by atoms with van der Waals surface area (Å²) < 4.78 is 4.62. The third-order valence-electron chi connectivity index (χ3n) is 0.691. The van der Waals surface area contributed by atoms with Crippen molar-refractivity contribution < 1.29 is 14.6 Å².